The molecule has 0 fully saturated rings. The number of carbonyl (C=O) groups is 2. The van der Waals surface area contributed by atoms with Crippen molar-refractivity contribution in [2.45, 2.75) is 19.4 Å². The van der Waals surface area contributed by atoms with E-state index in [1.54, 1.807) is 25.1 Å². The molecular weight excluding hydrogens is 234 g/mol. The molecule has 1 unspecified atom stereocenters. The number of carbonyl (C=O) groups excluding carboxylic acids is 1. The summed E-state index contributed by atoms with van der Waals surface area (Å²) in [6, 6.07) is 6.11. The van der Waals surface area contributed by atoms with Gasteiger partial charge in [-0.05, 0) is 18.6 Å². The van der Waals surface area contributed by atoms with E-state index in [9.17, 15) is 9.59 Å². The molecule has 0 aromatic heterocycles. The number of carboxylic acids is 1. The minimum Gasteiger partial charge on any atom is -0.480 e. The Bertz CT molecular complexity index is 431. The van der Waals surface area contributed by atoms with Gasteiger partial charge in [-0.3, -0.25) is 4.79 Å². The number of nitrogens with one attached hydrogen (secondary N) is 1. The maximum absolute atomic E-state index is 11.9. The summed E-state index contributed by atoms with van der Waals surface area (Å²) in [5, 5.41) is 11.5. The first kappa shape index (κ1) is 14.2. The lowest BCUT2D eigenvalue weighted by Gasteiger charge is -2.14. The largest absolute Gasteiger partial charge is 0.480 e. The van der Waals surface area contributed by atoms with Crippen molar-refractivity contribution in [2.24, 2.45) is 0 Å². The molecule has 0 heterocycles. The summed E-state index contributed by atoms with van der Waals surface area (Å²) < 4.78 is 4.82. The molecule has 0 aliphatic carbocycles. The molecule has 1 rings (SSSR count). The summed E-state index contributed by atoms with van der Waals surface area (Å²) in [6.07, 6.45) is 0.240. The van der Waals surface area contributed by atoms with Crippen molar-refractivity contribution in [2.75, 3.05) is 13.7 Å². The number of amides is 1. The van der Waals surface area contributed by atoms with Gasteiger partial charge in [0.1, 0.15) is 6.04 Å². The van der Waals surface area contributed by atoms with Gasteiger partial charge in [-0.25, -0.2) is 4.79 Å². The molecule has 0 aliphatic heterocycles. The van der Waals surface area contributed by atoms with Gasteiger partial charge in [-0.15, -0.1) is 0 Å². The van der Waals surface area contributed by atoms with Crippen molar-refractivity contribution in [3.63, 3.8) is 0 Å². The third-order valence-electron chi connectivity index (χ3n) is 2.60. The van der Waals surface area contributed by atoms with E-state index in [-0.39, 0.29) is 18.9 Å². The highest BCUT2D eigenvalue weighted by atomic mass is 16.5. The van der Waals surface area contributed by atoms with E-state index >= 15 is 0 Å². The summed E-state index contributed by atoms with van der Waals surface area (Å²) in [7, 11) is 1.49. The van der Waals surface area contributed by atoms with Crippen molar-refractivity contribution in [3.05, 3.63) is 35.4 Å². The lowest BCUT2D eigenvalue weighted by atomic mass is 10.1. The fourth-order valence-electron chi connectivity index (χ4n) is 1.56. The van der Waals surface area contributed by atoms with Crippen LogP contribution in [-0.4, -0.2) is 36.7 Å². The van der Waals surface area contributed by atoms with Gasteiger partial charge < -0.3 is 15.2 Å². The first-order valence-electron chi connectivity index (χ1n) is 5.64. The summed E-state index contributed by atoms with van der Waals surface area (Å²) in [4.78, 5) is 22.9. The van der Waals surface area contributed by atoms with Crippen molar-refractivity contribution >= 4 is 11.9 Å². The van der Waals surface area contributed by atoms with Crippen LogP contribution in [0.4, 0.5) is 0 Å². The van der Waals surface area contributed by atoms with Crippen LogP contribution in [-0.2, 0) is 9.53 Å². The van der Waals surface area contributed by atoms with E-state index in [0.717, 1.165) is 5.56 Å². The lowest BCUT2D eigenvalue weighted by molar-refractivity contribution is -0.139. The second kappa shape index (κ2) is 6.76. The molecule has 0 radical (unpaired) electrons. The number of aryl methyl sites for hydroxylation is 1. The molecule has 5 heteroatoms. The smallest absolute Gasteiger partial charge is 0.326 e. The van der Waals surface area contributed by atoms with Gasteiger partial charge >= 0.3 is 5.97 Å². The van der Waals surface area contributed by atoms with Crippen molar-refractivity contribution in [3.8, 4) is 0 Å². The van der Waals surface area contributed by atoms with E-state index in [1.165, 1.54) is 7.11 Å². The summed E-state index contributed by atoms with van der Waals surface area (Å²) in [5.41, 5.74) is 1.30. The van der Waals surface area contributed by atoms with Crippen molar-refractivity contribution < 1.29 is 19.4 Å². The minimum atomic E-state index is -1.06. The van der Waals surface area contributed by atoms with E-state index in [1.807, 2.05) is 6.07 Å². The van der Waals surface area contributed by atoms with E-state index in [2.05, 4.69) is 5.32 Å². The maximum atomic E-state index is 11.9. The zero-order valence-electron chi connectivity index (χ0n) is 10.5. The Morgan fingerprint density at radius 1 is 1.39 bits per heavy atom. The summed E-state index contributed by atoms with van der Waals surface area (Å²) >= 11 is 0. The zero-order valence-corrected chi connectivity index (χ0v) is 10.5. The molecule has 0 saturated carbocycles. The number of rotatable bonds is 6. The first-order chi connectivity index (χ1) is 8.56. The Kier molecular flexibility index (Phi) is 5.32. The lowest BCUT2D eigenvalue weighted by Crippen LogP contribution is -2.41. The molecule has 98 valence electrons. The monoisotopic (exact) mass is 251 g/mol. The Labute approximate surface area is 106 Å². The second-order valence-corrected chi connectivity index (χ2v) is 3.96. The quantitative estimate of drug-likeness (QED) is 0.797. The summed E-state index contributed by atoms with van der Waals surface area (Å²) in [6.45, 7) is 2.09. The average molecular weight is 251 g/mol. The average Bonchev–Trinajstić information content (AvgIpc) is 2.34. The highest BCUT2D eigenvalue weighted by Crippen LogP contribution is 2.07. The number of methoxy groups -OCH3 is 1. The second-order valence-electron chi connectivity index (χ2n) is 3.96. The third kappa shape index (κ3) is 3.85. The molecule has 0 bridgehead atoms. The minimum absolute atomic E-state index is 0.240. The molecule has 5 nitrogen and oxygen atoms in total. The molecule has 1 amide bonds. The SMILES string of the molecule is COCCC(NC(=O)c1ccccc1C)C(=O)O. The summed E-state index contributed by atoms with van der Waals surface area (Å²) in [5.74, 6) is -1.44. The number of carboxylic acid groups (broad SMARTS) is 1. The third-order valence-corrected chi connectivity index (χ3v) is 2.60. The van der Waals surface area contributed by atoms with Gasteiger partial charge in [0.25, 0.3) is 5.91 Å². The van der Waals surface area contributed by atoms with Crippen LogP contribution in [0.3, 0.4) is 0 Å². The van der Waals surface area contributed by atoms with Crippen molar-refractivity contribution in [1.29, 1.82) is 0 Å². The van der Waals surface area contributed by atoms with E-state index in [0.29, 0.717) is 5.56 Å². The number of benzene rings is 1. The number of hydrogen-bond donors (Lipinski definition) is 2. The van der Waals surface area contributed by atoms with Crippen LogP contribution in [0.15, 0.2) is 24.3 Å². The molecule has 1 aromatic carbocycles. The predicted molar refractivity (Wildman–Crippen MR) is 66.6 cm³/mol. The van der Waals surface area contributed by atoms with E-state index in [4.69, 9.17) is 9.84 Å². The van der Waals surface area contributed by atoms with Gasteiger partial charge in [0.15, 0.2) is 0 Å². The topological polar surface area (TPSA) is 75.6 Å². The number of aliphatic carboxylic acids is 1. The Balaban J connectivity index is 2.72. The van der Waals surface area contributed by atoms with Crippen LogP contribution < -0.4 is 5.32 Å². The highest BCUT2D eigenvalue weighted by molar-refractivity contribution is 5.97. The van der Waals surface area contributed by atoms with E-state index < -0.39 is 12.0 Å². The van der Waals surface area contributed by atoms with Crippen LogP contribution in [0.2, 0.25) is 0 Å². The fraction of sp³-hybridized carbons (Fsp3) is 0.385. The molecule has 1 atom stereocenters. The van der Waals surface area contributed by atoms with Gasteiger partial charge in [-0.2, -0.15) is 0 Å². The van der Waals surface area contributed by atoms with Gasteiger partial charge in [0, 0.05) is 25.7 Å². The van der Waals surface area contributed by atoms with Crippen LogP contribution in [0.5, 0.6) is 0 Å². The Morgan fingerprint density at radius 3 is 2.61 bits per heavy atom. The molecule has 2 N–H and O–H groups in total. The molecule has 1 aromatic rings. The van der Waals surface area contributed by atoms with Crippen LogP contribution in [0, 0.1) is 6.92 Å². The van der Waals surface area contributed by atoms with Crippen LogP contribution in [0.1, 0.15) is 22.3 Å². The van der Waals surface area contributed by atoms with Gasteiger partial charge in [-0.1, -0.05) is 18.2 Å². The van der Waals surface area contributed by atoms with Crippen LogP contribution >= 0.6 is 0 Å². The highest BCUT2D eigenvalue weighted by Gasteiger charge is 2.20. The standard InChI is InChI=1S/C13H17NO4/c1-9-5-3-4-6-10(9)12(15)14-11(13(16)17)7-8-18-2/h3-6,11H,7-8H2,1-2H3,(H,14,15)(H,16,17). The van der Waals surface area contributed by atoms with Gasteiger partial charge in [0.2, 0.25) is 0 Å². The fourth-order valence-corrected chi connectivity index (χ4v) is 1.56. The van der Waals surface area contributed by atoms with Gasteiger partial charge in [0.05, 0.1) is 0 Å². The number of hydrogen-bond acceptors (Lipinski definition) is 3. The first-order valence-corrected chi connectivity index (χ1v) is 5.64. The Hall–Kier alpha value is -1.88. The molecule has 0 aliphatic rings. The normalized spacial score (nSPS) is 11.9. The molecule has 0 saturated heterocycles. The Morgan fingerprint density at radius 2 is 2.06 bits per heavy atom. The predicted octanol–water partition coefficient (Wildman–Crippen LogP) is 1.21. The maximum Gasteiger partial charge on any atom is 0.326 e. The van der Waals surface area contributed by atoms with Crippen molar-refractivity contribution in [1.82, 2.24) is 5.32 Å². The molecule has 18 heavy (non-hydrogen) atoms. The van der Waals surface area contributed by atoms with Crippen LogP contribution in [0.25, 0.3) is 0 Å². The number of ether oxygens (including phenoxy) is 1. The molecular formula is C13H17NO4. The zero-order chi connectivity index (χ0) is 13.5. The molecule has 0 spiro atoms.